The first kappa shape index (κ1) is 38.3. The highest BCUT2D eigenvalue weighted by Gasteiger charge is 2.34. The van der Waals surface area contributed by atoms with Crippen LogP contribution in [0.15, 0.2) is 115 Å². The van der Waals surface area contributed by atoms with Crippen LogP contribution >= 0.6 is 0 Å². The summed E-state index contributed by atoms with van der Waals surface area (Å²) >= 11 is 0. The fourth-order valence-corrected chi connectivity index (χ4v) is 5.03. The van der Waals surface area contributed by atoms with Gasteiger partial charge in [0.15, 0.2) is 0 Å². The van der Waals surface area contributed by atoms with E-state index in [-0.39, 0.29) is 30.2 Å². The Labute approximate surface area is 297 Å². The monoisotopic (exact) mass is 713 g/mol. The maximum atomic E-state index is 13.5. The topological polar surface area (TPSA) is 135 Å². The fraction of sp³-hybridized carbons (Fsp3) is 0.154. The fourth-order valence-electron chi connectivity index (χ4n) is 5.03. The van der Waals surface area contributed by atoms with Gasteiger partial charge in [0, 0.05) is 36.1 Å². The average molecular weight is 714 g/mol. The lowest BCUT2D eigenvalue weighted by atomic mass is 10.0. The van der Waals surface area contributed by atoms with E-state index in [2.05, 4.69) is 10.3 Å². The molecule has 0 bridgehead atoms. The third-order valence-electron chi connectivity index (χ3n) is 7.63. The summed E-state index contributed by atoms with van der Waals surface area (Å²) in [5, 5.41) is 9.47. The van der Waals surface area contributed by atoms with Crippen LogP contribution in [0, 0.1) is 0 Å². The summed E-state index contributed by atoms with van der Waals surface area (Å²) in [5.41, 5.74) is 2.37. The van der Waals surface area contributed by atoms with E-state index >= 15 is 0 Å². The molecule has 0 atom stereocenters. The number of methoxy groups -OCH3 is 1. The lowest BCUT2D eigenvalue weighted by Crippen LogP contribution is -2.30. The highest BCUT2D eigenvalue weighted by Crippen LogP contribution is 2.35. The number of hydrogen-bond acceptors (Lipinski definition) is 7. The van der Waals surface area contributed by atoms with Crippen LogP contribution in [0.1, 0.15) is 44.3 Å². The van der Waals surface area contributed by atoms with Crippen LogP contribution in [0.3, 0.4) is 0 Å². The number of benzene rings is 4. The standard InChI is InChI=1S/C38H32F3N3O5.CH2O2/c1-3-44(24-25-9-17-31(18-10-25)49-37(47)29-14-20-34(42-23-29)26-7-5-4-6-8-26)36(46)27-11-15-30(16-12-27)43-35(45)21-28-13-19-32(48-2)22-33(28)38(39,40)41;2-1-3/h4-20,22-23H,3,21,24H2,1-2H3,(H,43,45);1H,(H,2,3). The summed E-state index contributed by atoms with van der Waals surface area (Å²) < 4.78 is 51.0. The summed E-state index contributed by atoms with van der Waals surface area (Å²) in [6.45, 7) is 2.29. The van der Waals surface area contributed by atoms with Gasteiger partial charge in [0.25, 0.3) is 12.4 Å². The molecule has 0 unspecified atom stereocenters. The quantitative estimate of drug-likeness (QED) is 0.0815. The SMILES string of the molecule is CCN(Cc1ccc(OC(=O)c2ccc(-c3ccccc3)nc2)cc1)C(=O)c1ccc(NC(=O)Cc2ccc(OC)cc2C(F)(F)F)cc1.O=CO. The van der Waals surface area contributed by atoms with Gasteiger partial charge in [-0.2, -0.15) is 13.2 Å². The predicted octanol–water partition coefficient (Wildman–Crippen LogP) is 7.54. The molecule has 1 heterocycles. The number of aromatic nitrogens is 1. The van der Waals surface area contributed by atoms with Gasteiger partial charge >= 0.3 is 12.1 Å². The number of carboxylic acid groups (broad SMARTS) is 1. The van der Waals surface area contributed by atoms with E-state index in [0.717, 1.165) is 22.9 Å². The van der Waals surface area contributed by atoms with Crippen LogP contribution in [-0.2, 0) is 28.7 Å². The van der Waals surface area contributed by atoms with E-state index in [1.807, 2.05) is 37.3 Å². The Morgan fingerprint density at radius 3 is 2.08 bits per heavy atom. The van der Waals surface area contributed by atoms with E-state index in [1.165, 1.54) is 37.6 Å². The second-order valence-corrected chi connectivity index (χ2v) is 11.1. The molecular formula is C39H34F3N3O7. The van der Waals surface area contributed by atoms with Crippen molar-refractivity contribution < 1.29 is 46.9 Å². The number of rotatable bonds is 11. The Kier molecular flexibility index (Phi) is 13.2. The van der Waals surface area contributed by atoms with Gasteiger partial charge in [0.2, 0.25) is 5.91 Å². The maximum absolute atomic E-state index is 13.5. The highest BCUT2D eigenvalue weighted by atomic mass is 19.4. The van der Waals surface area contributed by atoms with Crippen LogP contribution in [0.2, 0.25) is 0 Å². The highest BCUT2D eigenvalue weighted by molar-refractivity contribution is 5.96. The first-order chi connectivity index (χ1) is 24.9. The van der Waals surface area contributed by atoms with E-state index in [9.17, 15) is 27.6 Å². The number of amides is 2. The smallest absolute Gasteiger partial charge is 0.416 e. The summed E-state index contributed by atoms with van der Waals surface area (Å²) in [4.78, 5) is 52.9. The van der Waals surface area contributed by atoms with Gasteiger partial charge in [-0.1, -0.05) is 48.5 Å². The number of carbonyl (C=O) groups is 4. The number of pyridine rings is 1. The number of halogens is 3. The minimum absolute atomic E-state index is 0.0373. The normalized spacial score (nSPS) is 10.6. The average Bonchev–Trinajstić information content (AvgIpc) is 3.15. The molecule has 5 aromatic rings. The number of nitrogens with zero attached hydrogens (tertiary/aromatic N) is 2. The third-order valence-corrected chi connectivity index (χ3v) is 7.63. The van der Waals surface area contributed by atoms with Crippen molar-refractivity contribution in [2.75, 3.05) is 19.0 Å². The van der Waals surface area contributed by atoms with Gasteiger partial charge in [-0.15, -0.1) is 0 Å². The van der Waals surface area contributed by atoms with Gasteiger partial charge in [-0.05, 0) is 78.7 Å². The minimum atomic E-state index is -4.65. The summed E-state index contributed by atoms with van der Waals surface area (Å²) in [5.74, 6) is -1.06. The Hall–Kier alpha value is -6.50. The van der Waals surface area contributed by atoms with Gasteiger partial charge in [-0.25, -0.2) is 4.79 Å². The summed E-state index contributed by atoms with van der Waals surface area (Å²) in [7, 11) is 1.26. The molecule has 5 rings (SSSR count). The molecule has 2 N–H and O–H groups in total. The Balaban J connectivity index is 0.00000195. The molecule has 0 saturated heterocycles. The summed E-state index contributed by atoms with van der Waals surface area (Å²) in [6.07, 6.45) is -3.68. The molecule has 10 nitrogen and oxygen atoms in total. The second-order valence-electron chi connectivity index (χ2n) is 11.1. The molecule has 52 heavy (non-hydrogen) atoms. The maximum Gasteiger partial charge on any atom is 0.416 e. The van der Waals surface area contributed by atoms with Crippen molar-refractivity contribution in [3.05, 3.63) is 143 Å². The molecule has 0 saturated carbocycles. The zero-order chi connectivity index (χ0) is 37.7. The minimum Gasteiger partial charge on any atom is -0.497 e. The molecule has 0 spiro atoms. The molecule has 0 aliphatic carbocycles. The second kappa shape index (κ2) is 17.9. The van der Waals surface area contributed by atoms with Gasteiger partial charge < -0.3 is 24.8 Å². The first-order valence-corrected chi connectivity index (χ1v) is 15.8. The summed E-state index contributed by atoms with van der Waals surface area (Å²) in [6, 6.07) is 29.4. The molecule has 1 aromatic heterocycles. The number of anilines is 1. The number of hydrogen-bond donors (Lipinski definition) is 2. The number of carbonyl (C=O) groups excluding carboxylic acids is 3. The lowest BCUT2D eigenvalue weighted by molar-refractivity contribution is -0.138. The molecular weight excluding hydrogens is 679 g/mol. The Morgan fingerprint density at radius 1 is 0.865 bits per heavy atom. The molecule has 13 heteroatoms. The predicted molar refractivity (Wildman–Crippen MR) is 187 cm³/mol. The van der Waals surface area contributed by atoms with Crippen LogP contribution in [0.25, 0.3) is 11.3 Å². The number of nitrogens with one attached hydrogen (secondary N) is 1. The van der Waals surface area contributed by atoms with E-state index < -0.39 is 30.0 Å². The van der Waals surface area contributed by atoms with Crippen LogP contribution < -0.4 is 14.8 Å². The van der Waals surface area contributed by atoms with Crippen molar-refractivity contribution >= 4 is 29.9 Å². The molecule has 4 aromatic carbocycles. The van der Waals surface area contributed by atoms with Gasteiger partial charge in [0.1, 0.15) is 11.5 Å². The van der Waals surface area contributed by atoms with Crippen LogP contribution in [0.4, 0.5) is 18.9 Å². The molecule has 0 aliphatic heterocycles. The molecule has 0 fully saturated rings. The number of ether oxygens (including phenoxy) is 2. The Morgan fingerprint density at radius 2 is 1.50 bits per heavy atom. The van der Waals surface area contributed by atoms with Crippen molar-refractivity contribution in [3.8, 4) is 22.8 Å². The van der Waals surface area contributed by atoms with E-state index in [0.29, 0.717) is 29.1 Å². The van der Waals surface area contributed by atoms with Crippen molar-refractivity contribution in [2.45, 2.75) is 26.1 Å². The van der Waals surface area contributed by atoms with Crippen LogP contribution in [-0.4, -0.2) is 52.9 Å². The van der Waals surface area contributed by atoms with Crippen molar-refractivity contribution in [3.63, 3.8) is 0 Å². The largest absolute Gasteiger partial charge is 0.497 e. The van der Waals surface area contributed by atoms with Crippen molar-refractivity contribution in [1.82, 2.24) is 9.88 Å². The Bertz CT molecular complexity index is 1970. The lowest BCUT2D eigenvalue weighted by Gasteiger charge is -2.21. The number of esters is 1. The third kappa shape index (κ3) is 10.5. The molecule has 0 aliphatic rings. The van der Waals surface area contributed by atoms with Crippen molar-refractivity contribution in [1.29, 1.82) is 0 Å². The number of alkyl halides is 3. The zero-order valence-corrected chi connectivity index (χ0v) is 28.1. The molecule has 2 amide bonds. The van der Waals surface area contributed by atoms with E-state index in [1.54, 1.807) is 53.4 Å². The first-order valence-electron chi connectivity index (χ1n) is 15.8. The van der Waals surface area contributed by atoms with Gasteiger partial charge in [-0.3, -0.25) is 19.4 Å². The van der Waals surface area contributed by atoms with E-state index in [4.69, 9.17) is 19.4 Å². The van der Waals surface area contributed by atoms with Crippen molar-refractivity contribution in [2.24, 2.45) is 0 Å². The van der Waals surface area contributed by atoms with Crippen LogP contribution in [0.5, 0.6) is 11.5 Å². The zero-order valence-electron chi connectivity index (χ0n) is 28.1. The van der Waals surface area contributed by atoms with Gasteiger partial charge in [0.05, 0.1) is 30.4 Å². The molecule has 268 valence electrons. The molecule has 0 radical (unpaired) electrons.